The third-order valence-electron chi connectivity index (χ3n) is 3.91. The number of nitrogens with zero attached hydrogens (tertiary/aromatic N) is 1. The van der Waals surface area contributed by atoms with Gasteiger partial charge >= 0.3 is 6.09 Å². The fourth-order valence-electron chi connectivity index (χ4n) is 3.04. The molecule has 0 radical (unpaired) electrons. The number of hydrogen-bond donors (Lipinski definition) is 1. The van der Waals surface area contributed by atoms with E-state index in [2.05, 4.69) is 5.32 Å². The molecule has 0 spiro atoms. The van der Waals surface area contributed by atoms with Crippen LogP contribution in [0.15, 0.2) is 12.2 Å². The van der Waals surface area contributed by atoms with Crippen molar-refractivity contribution in [1.82, 2.24) is 10.2 Å². The van der Waals surface area contributed by atoms with Crippen molar-refractivity contribution in [3.8, 4) is 0 Å². The molecule has 1 fully saturated rings. The van der Waals surface area contributed by atoms with E-state index in [1.165, 1.54) is 0 Å². The summed E-state index contributed by atoms with van der Waals surface area (Å²) in [6, 6.07) is 0.0766. The number of amides is 2. The molecular formula is C16H26N2O3. The van der Waals surface area contributed by atoms with E-state index >= 15 is 0 Å². The number of rotatable bonds is 2. The van der Waals surface area contributed by atoms with Gasteiger partial charge in [0.25, 0.3) is 0 Å². The molecule has 21 heavy (non-hydrogen) atoms. The molecule has 2 unspecified atom stereocenters. The summed E-state index contributed by atoms with van der Waals surface area (Å²) in [6.07, 6.45) is 8.08. The fourth-order valence-corrected chi connectivity index (χ4v) is 3.04. The molecule has 2 atom stereocenters. The summed E-state index contributed by atoms with van der Waals surface area (Å²) < 4.78 is 5.34. The van der Waals surface area contributed by atoms with Gasteiger partial charge in [0.05, 0.1) is 12.1 Å². The maximum atomic E-state index is 12.0. The molecule has 0 saturated heterocycles. The van der Waals surface area contributed by atoms with E-state index in [-0.39, 0.29) is 24.1 Å². The number of carbonyl (C=O) groups is 2. The van der Waals surface area contributed by atoms with Gasteiger partial charge in [0.1, 0.15) is 5.60 Å². The van der Waals surface area contributed by atoms with Gasteiger partial charge in [0.2, 0.25) is 5.91 Å². The SMILES string of the molecule is CC(C)(C)OC(=O)NC1CCCCC1N1CCC=CC1=O. The first-order valence-corrected chi connectivity index (χ1v) is 7.83. The van der Waals surface area contributed by atoms with Crippen molar-refractivity contribution >= 4 is 12.0 Å². The normalized spacial score (nSPS) is 26.6. The van der Waals surface area contributed by atoms with E-state index in [0.717, 1.165) is 38.6 Å². The number of ether oxygens (including phenoxy) is 1. The van der Waals surface area contributed by atoms with Crippen molar-refractivity contribution in [2.24, 2.45) is 0 Å². The van der Waals surface area contributed by atoms with Gasteiger partial charge in [0, 0.05) is 6.54 Å². The van der Waals surface area contributed by atoms with Crippen molar-refractivity contribution in [2.75, 3.05) is 6.54 Å². The lowest BCUT2D eigenvalue weighted by Gasteiger charge is -2.40. The molecular weight excluding hydrogens is 268 g/mol. The van der Waals surface area contributed by atoms with Crippen molar-refractivity contribution < 1.29 is 14.3 Å². The highest BCUT2D eigenvalue weighted by atomic mass is 16.6. The van der Waals surface area contributed by atoms with Crippen LogP contribution in [0.3, 0.4) is 0 Å². The maximum absolute atomic E-state index is 12.0. The molecule has 0 aromatic rings. The largest absolute Gasteiger partial charge is 0.444 e. The second-order valence-electron chi connectivity index (χ2n) is 6.83. The molecule has 5 nitrogen and oxygen atoms in total. The second-order valence-corrected chi connectivity index (χ2v) is 6.83. The van der Waals surface area contributed by atoms with E-state index < -0.39 is 5.60 Å². The summed E-state index contributed by atoms with van der Waals surface area (Å²) in [4.78, 5) is 25.9. The lowest BCUT2D eigenvalue weighted by Crippen LogP contribution is -2.56. The van der Waals surface area contributed by atoms with Gasteiger partial charge in [-0.3, -0.25) is 4.79 Å². The minimum atomic E-state index is -0.502. The van der Waals surface area contributed by atoms with Crippen LogP contribution in [0.2, 0.25) is 0 Å². The van der Waals surface area contributed by atoms with Gasteiger partial charge in [-0.2, -0.15) is 0 Å². The van der Waals surface area contributed by atoms with E-state index in [9.17, 15) is 9.59 Å². The predicted octanol–water partition coefficient (Wildman–Crippen LogP) is 2.61. The van der Waals surface area contributed by atoms with Crippen molar-refractivity contribution in [3.05, 3.63) is 12.2 Å². The molecule has 1 N–H and O–H groups in total. The summed E-state index contributed by atoms with van der Waals surface area (Å²) in [6.45, 7) is 6.30. The van der Waals surface area contributed by atoms with Crippen LogP contribution in [0.25, 0.3) is 0 Å². The first-order chi connectivity index (χ1) is 9.87. The molecule has 118 valence electrons. The molecule has 2 rings (SSSR count). The van der Waals surface area contributed by atoms with Crippen molar-refractivity contribution in [3.63, 3.8) is 0 Å². The third-order valence-corrected chi connectivity index (χ3v) is 3.91. The molecule has 2 aliphatic rings. The monoisotopic (exact) mass is 294 g/mol. The lowest BCUT2D eigenvalue weighted by molar-refractivity contribution is -0.130. The summed E-state index contributed by atoms with van der Waals surface area (Å²) in [5.41, 5.74) is -0.502. The number of hydrogen-bond acceptors (Lipinski definition) is 3. The van der Waals surface area contributed by atoms with Crippen LogP contribution in [0.4, 0.5) is 4.79 Å². The maximum Gasteiger partial charge on any atom is 0.407 e. The quantitative estimate of drug-likeness (QED) is 0.851. The summed E-state index contributed by atoms with van der Waals surface area (Å²) in [5.74, 6) is 0.0594. The number of nitrogens with one attached hydrogen (secondary N) is 1. The van der Waals surface area contributed by atoms with Crippen LogP contribution >= 0.6 is 0 Å². The molecule has 0 aromatic carbocycles. The van der Waals surface area contributed by atoms with Crippen LogP contribution in [0.5, 0.6) is 0 Å². The highest BCUT2D eigenvalue weighted by Gasteiger charge is 2.34. The van der Waals surface area contributed by atoms with Gasteiger partial charge in [-0.15, -0.1) is 0 Å². The molecule has 5 heteroatoms. The summed E-state index contributed by atoms with van der Waals surface area (Å²) in [5, 5.41) is 2.96. The average Bonchev–Trinajstić information content (AvgIpc) is 2.38. The van der Waals surface area contributed by atoms with Crippen LogP contribution in [-0.4, -0.2) is 41.1 Å². The molecule has 1 saturated carbocycles. The van der Waals surface area contributed by atoms with Crippen LogP contribution in [0.1, 0.15) is 52.9 Å². The van der Waals surface area contributed by atoms with Gasteiger partial charge < -0.3 is 15.0 Å². The number of alkyl carbamates (subject to hydrolysis) is 1. The van der Waals surface area contributed by atoms with Crippen LogP contribution in [-0.2, 0) is 9.53 Å². The molecule has 0 aromatic heterocycles. The first-order valence-electron chi connectivity index (χ1n) is 7.83. The van der Waals surface area contributed by atoms with Gasteiger partial charge in [-0.1, -0.05) is 18.9 Å². The highest BCUT2D eigenvalue weighted by molar-refractivity contribution is 5.88. The molecule has 1 heterocycles. The Balaban J connectivity index is 2.00. The Hall–Kier alpha value is -1.52. The molecule has 1 aliphatic carbocycles. The van der Waals surface area contributed by atoms with E-state index in [1.54, 1.807) is 6.08 Å². The molecule has 0 bridgehead atoms. The molecule has 1 aliphatic heterocycles. The van der Waals surface area contributed by atoms with E-state index in [4.69, 9.17) is 4.74 Å². The Morgan fingerprint density at radius 2 is 2.05 bits per heavy atom. The second kappa shape index (κ2) is 6.50. The Bertz CT molecular complexity index is 426. The zero-order chi connectivity index (χ0) is 15.5. The standard InChI is InChI=1S/C16H26N2O3/c1-16(2,3)21-15(20)17-12-8-4-5-9-13(12)18-11-7-6-10-14(18)19/h6,10,12-13H,4-5,7-9,11H2,1-3H3,(H,17,20). The minimum absolute atomic E-state index is 0.0101. The van der Waals surface area contributed by atoms with Crippen LogP contribution in [0, 0.1) is 0 Å². The van der Waals surface area contributed by atoms with Gasteiger partial charge in [-0.05, 0) is 46.1 Å². The van der Waals surface area contributed by atoms with Gasteiger partial charge in [0.15, 0.2) is 0 Å². The third kappa shape index (κ3) is 4.48. The van der Waals surface area contributed by atoms with Crippen molar-refractivity contribution in [1.29, 1.82) is 0 Å². The predicted molar refractivity (Wildman–Crippen MR) is 80.9 cm³/mol. The summed E-state index contributed by atoms with van der Waals surface area (Å²) >= 11 is 0. The Labute approximate surface area is 126 Å². The highest BCUT2D eigenvalue weighted by Crippen LogP contribution is 2.25. The Morgan fingerprint density at radius 1 is 1.33 bits per heavy atom. The zero-order valence-electron chi connectivity index (χ0n) is 13.2. The average molecular weight is 294 g/mol. The van der Waals surface area contributed by atoms with E-state index in [1.807, 2.05) is 31.7 Å². The molecule has 2 amide bonds. The van der Waals surface area contributed by atoms with Crippen LogP contribution < -0.4 is 5.32 Å². The number of carbonyl (C=O) groups excluding carboxylic acids is 2. The topological polar surface area (TPSA) is 58.6 Å². The van der Waals surface area contributed by atoms with Crippen molar-refractivity contribution in [2.45, 2.75) is 70.6 Å². The lowest BCUT2D eigenvalue weighted by atomic mass is 9.88. The zero-order valence-corrected chi connectivity index (χ0v) is 13.2. The Morgan fingerprint density at radius 3 is 2.71 bits per heavy atom. The van der Waals surface area contributed by atoms with Gasteiger partial charge in [-0.25, -0.2) is 4.79 Å². The van der Waals surface area contributed by atoms with E-state index in [0.29, 0.717) is 0 Å². The summed E-state index contributed by atoms with van der Waals surface area (Å²) in [7, 11) is 0. The smallest absolute Gasteiger partial charge is 0.407 e. The fraction of sp³-hybridized carbons (Fsp3) is 0.750. The Kier molecular flexibility index (Phi) is 4.91. The first kappa shape index (κ1) is 15.9. The minimum Gasteiger partial charge on any atom is -0.444 e.